The fourth-order valence-electron chi connectivity index (χ4n) is 5.03. The van der Waals surface area contributed by atoms with Crippen LogP contribution in [-0.4, -0.2) is 61.1 Å². The molecule has 9 nitrogen and oxygen atoms in total. The molecule has 10 heteroatoms. The van der Waals surface area contributed by atoms with E-state index in [1.165, 1.54) is 0 Å². The summed E-state index contributed by atoms with van der Waals surface area (Å²) < 4.78 is 33.3. The number of unbranched alkanes of at least 4 members (excludes halogenated alkanes) is 1. The fourth-order valence-corrected chi connectivity index (χ4v) is 6.11. The smallest absolute Gasteiger partial charge is 0.268 e. The van der Waals surface area contributed by atoms with Crippen molar-refractivity contribution in [1.82, 2.24) is 15.0 Å². The van der Waals surface area contributed by atoms with Crippen LogP contribution in [0.1, 0.15) is 72.5 Å². The van der Waals surface area contributed by atoms with Crippen LogP contribution in [0.4, 0.5) is 0 Å². The van der Waals surface area contributed by atoms with E-state index in [9.17, 15) is 18.3 Å². The second kappa shape index (κ2) is 15.8. The first-order chi connectivity index (χ1) is 20.3. The van der Waals surface area contributed by atoms with Gasteiger partial charge in [-0.15, -0.1) is 0 Å². The summed E-state index contributed by atoms with van der Waals surface area (Å²) in [6.07, 6.45) is 9.20. The third kappa shape index (κ3) is 9.62. The number of aromatic nitrogens is 1. The van der Waals surface area contributed by atoms with Gasteiger partial charge in [0.1, 0.15) is 5.75 Å². The number of nitrogens with one attached hydrogen (secondary N) is 2. The summed E-state index contributed by atoms with van der Waals surface area (Å²) in [5.41, 5.74) is 3.93. The average Bonchev–Trinajstić information content (AvgIpc) is 3.00. The largest absolute Gasteiger partial charge is 0.490 e. The molecule has 1 fully saturated rings. The van der Waals surface area contributed by atoms with Crippen LogP contribution in [0.5, 0.6) is 5.75 Å². The van der Waals surface area contributed by atoms with Gasteiger partial charge in [0.2, 0.25) is 10.0 Å². The minimum Gasteiger partial charge on any atom is -0.490 e. The van der Waals surface area contributed by atoms with E-state index in [0.29, 0.717) is 25.3 Å². The van der Waals surface area contributed by atoms with Gasteiger partial charge in [-0.3, -0.25) is 9.78 Å². The maximum absolute atomic E-state index is 13.1. The van der Waals surface area contributed by atoms with E-state index < -0.39 is 22.0 Å². The van der Waals surface area contributed by atoms with Crippen molar-refractivity contribution in [1.29, 1.82) is 0 Å². The Labute approximate surface area is 248 Å². The molecule has 1 saturated carbocycles. The highest BCUT2D eigenvalue weighted by Crippen LogP contribution is 2.31. The number of nitrogens with zero attached hydrogens (tertiary/aromatic N) is 1. The van der Waals surface area contributed by atoms with Gasteiger partial charge in [0.15, 0.2) is 0 Å². The monoisotopic (exact) mass is 595 g/mol. The molecule has 1 amide bonds. The highest BCUT2D eigenvalue weighted by molar-refractivity contribution is 7.90. The number of sulfonamides is 1. The average molecular weight is 596 g/mol. The van der Waals surface area contributed by atoms with E-state index in [1.807, 2.05) is 24.3 Å². The summed E-state index contributed by atoms with van der Waals surface area (Å²) >= 11 is 0. The molecule has 3 aromatic rings. The lowest BCUT2D eigenvalue weighted by Crippen LogP contribution is -2.33. The first kappa shape index (κ1) is 31.6. The van der Waals surface area contributed by atoms with Crippen LogP contribution in [-0.2, 0) is 16.4 Å². The molecule has 1 aliphatic carbocycles. The number of rotatable bonds is 15. The Kier molecular flexibility index (Phi) is 11.9. The second-order valence-electron chi connectivity index (χ2n) is 10.7. The van der Waals surface area contributed by atoms with E-state index in [4.69, 9.17) is 9.84 Å². The van der Waals surface area contributed by atoms with Crippen LogP contribution >= 0.6 is 0 Å². The SMILES string of the molecule is O=C(NS(=O)(=O)CCCCO)c1ccc(-c2ccc(CCNC[C@H](O)c3cccnc3)cc2)cc1OC1CCCCC1. The van der Waals surface area contributed by atoms with Gasteiger partial charge in [-0.2, -0.15) is 0 Å². The van der Waals surface area contributed by atoms with Crippen LogP contribution in [0.2, 0.25) is 0 Å². The molecule has 2 aromatic carbocycles. The lowest BCUT2D eigenvalue weighted by atomic mass is 9.97. The Hall–Kier alpha value is -3.31. The molecular formula is C32H41N3O6S. The molecule has 4 N–H and O–H groups in total. The maximum atomic E-state index is 13.1. The van der Waals surface area contributed by atoms with E-state index in [1.54, 1.807) is 30.6 Å². The molecule has 0 bridgehead atoms. The van der Waals surface area contributed by atoms with Gasteiger partial charge in [-0.1, -0.05) is 42.8 Å². The van der Waals surface area contributed by atoms with Crippen molar-refractivity contribution in [3.05, 3.63) is 83.7 Å². The van der Waals surface area contributed by atoms with Gasteiger partial charge < -0.3 is 20.3 Å². The number of amides is 1. The maximum Gasteiger partial charge on any atom is 0.268 e. The summed E-state index contributed by atoms with van der Waals surface area (Å²) in [4.78, 5) is 17.1. The molecular weight excluding hydrogens is 554 g/mol. The van der Waals surface area contributed by atoms with Crippen molar-refractivity contribution in [2.45, 2.75) is 63.6 Å². The zero-order chi connectivity index (χ0) is 29.8. The molecule has 1 aliphatic rings. The van der Waals surface area contributed by atoms with E-state index in [0.717, 1.165) is 60.8 Å². The minimum atomic E-state index is -3.83. The highest BCUT2D eigenvalue weighted by atomic mass is 32.2. The van der Waals surface area contributed by atoms with Crippen LogP contribution in [0.25, 0.3) is 11.1 Å². The normalized spacial score (nSPS) is 14.8. The molecule has 1 heterocycles. The first-order valence-corrected chi connectivity index (χ1v) is 16.3. The molecule has 0 saturated heterocycles. The lowest BCUT2D eigenvalue weighted by Gasteiger charge is -2.24. The van der Waals surface area contributed by atoms with E-state index >= 15 is 0 Å². The number of hydrogen-bond donors (Lipinski definition) is 4. The summed E-state index contributed by atoms with van der Waals surface area (Å²) in [6.45, 7) is 1.05. The minimum absolute atomic E-state index is 0.0201. The molecule has 1 atom stereocenters. The van der Waals surface area contributed by atoms with Crippen molar-refractivity contribution in [2.24, 2.45) is 0 Å². The number of carbonyl (C=O) groups excluding carboxylic acids is 1. The zero-order valence-corrected chi connectivity index (χ0v) is 24.7. The van der Waals surface area contributed by atoms with Crippen LogP contribution in [0.3, 0.4) is 0 Å². The number of aliphatic hydroxyl groups excluding tert-OH is 2. The second-order valence-corrected chi connectivity index (χ2v) is 12.6. The third-order valence-electron chi connectivity index (χ3n) is 7.43. The highest BCUT2D eigenvalue weighted by Gasteiger charge is 2.23. The number of carbonyl (C=O) groups is 1. The summed E-state index contributed by atoms with van der Waals surface area (Å²) in [6, 6.07) is 17.0. The summed E-state index contributed by atoms with van der Waals surface area (Å²) in [5, 5.41) is 22.5. The Morgan fingerprint density at radius 2 is 1.79 bits per heavy atom. The number of ether oxygens (including phenoxy) is 1. The zero-order valence-electron chi connectivity index (χ0n) is 23.9. The van der Waals surface area contributed by atoms with Crippen molar-refractivity contribution in [3.8, 4) is 16.9 Å². The fraction of sp³-hybridized carbons (Fsp3) is 0.438. The van der Waals surface area contributed by atoms with Gasteiger partial charge in [-0.25, -0.2) is 13.1 Å². The van der Waals surface area contributed by atoms with Gasteiger partial charge in [0.25, 0.3) is 5.91 Å². The molecule has 0 spiro atoms. The van der Waals surface area contributed by atoms with E-state index in [-0.39, 0.29) is 30.4 Å². The van der Waals surface area contributed by atoms with Crippen LogP contribution < -0.4 is 14.8 Å². The van der Waals surface area contributed by atoms with Gasteiger partial charge in [-0.05, 0) is 86.4 Å². The molecule has 4 rings (SSSR count). The molecule has 1 aromatic heterocycles. The van der Waals surface area contributed by atoms with Gasteiger partial charge >= 0.3 is 0 Å². The Morgan fingerprint density at radius 3 is 2.50 bits per heavy atom. The molecule has 0 radical (unpaired) electrons. The summed E-state index contributed by atoms with van der Waals surface area (Å²) in [5.74, 6) is -0.570. The Balaban J connectivity index is 1.41. The van der Waals surface area contributed by atoms with Gasteiger partial charge in [0.05, 0.1) is 23.5 Å². The standard InChI is InChI=1S/C32H41N3O6S/c36-19-4-5-20-42(39,40)35-32(38)29-15-14-26(21-31(29)41-28-8-2-1-3-9-28)25-12-10-24(11-13-25)16-18-34-23-30(37)27-7-6-17-33-22-27/h6-7,10-15,17,21-22,28,30,34,36-37H,1-5,8-9,16,18-20,23H2,(H,35,38)/t30-/m0/s1. The lowest BCUT2D eigenvalue weighted by molar-refractivity contribution is 0.0969. The van der Waals surface area contributed by atoms with Crippen molar-refractivity contribution in [3.63, 3.8) is 0 Å². The Bertz CT molecular complexity index is 1380. The quantitative estimate of drug-likeness (QED) is 0.192. The number of pyridine rings is 1. The molecule has 42 heavy (non-hydrogen) atoms. The molecule has 226 valence electrons. The van der Waals surface area contributed by atoms with Crippen molar-refractivity contribution < 1.29 is 28.2 Å². The predicted molar refractivity (Wildman–Crippen MR) is 163 cm³/mol. The first-order valence-electron chi connectivity index (χ1n) is 14.7. The molecule has 0 unspecified atom stereocenters. The third-order valence-corrected chi connectivity index (χ3v) is 8.75. The van der Waals surface area contributed by atoms with Crippen molar-refractivity contribution in [2.75, 3.05) is 25.4 Å². The number of hydrogen-bond acceptors (Lipinski definition) is 8. The molecule has 0 aliphatic heterocycles. The van der Waals surface area contributed by atoms with Crippen LogP contribution in [0, 0.1) is 0 Å². The predicted octanol–water partition coefficient (Wildman–Crippen LogP) is 4.16. The number of benzene rings is 2. The topological polar surface area (TPSA) is 138 Å². The number of aliphatic hydroxyl groups is 2. The van der Waals surface area contributed by atoms with Crippen LogP contribution in [0.15, 0.2) is 67.0 Å². The van der Waals surface area contributed by atoms with E-state index in [2.05, 4.69) is 27.2 Å². The van der Waals surface area contributed by atoms with Crippen molar-refractivity contribution >= 4 is 15.9 Å². The van der Waals surface area contributed by atoms with Gasteiger partial charge in [0, 0.05) is 31.1 Å². The summed E-state index contributed by atoms with van der Waals surface area (Å²) in [7, 11) is -3.83. The Morgan fingerprint density at radius 1 is 1.02 bits per heavy atom.